The molecule has 1 fully saturated rings. The van der Waals surface area contributed by atoms with Crippen molar-refractivity contribution in [2.75, 3.05) is 20.2 Å². The van der Waals surface area contributed by atoms with E-state index in [-0.39, 0.29) is 11.5 Å². The zero-order chi connectivity index (χ0) is 12.2. The van der Waals surface area contributed by atoms with Gasteiger partial charge in [-0.2, -0.15) is 0 Å². The van der Waals surface area contributed by atoms with E-state index in [1.807, 2.05) is 6.92 Å². The van der Waals surface area contributed by atoms with Crippen LogP contribution in [0.4, 0.5) is 0 Å². The minimum Gasteiger partial charge on any atom is -0.478 e. The average Bonchev–Trinajstić information content (AvgIpc) is 2.26. The highest BCUT2D eigenvalue weighted by molar-refractivity contribution is 5.94. The van der Waals surface area contributed by atoms with Gasteiger partial charge in [-0.1, -0.05) is 0 Å². The molecule has 0 spiro atoms. The highest BCUT2D eigenvalue weighted by Gasteiger charge is 2.32. The first-order valence-corrected chi connectivity index (χ1v) is 5.22. The number of carboxylic acids is 1. The molecule has 0 aromatic rings. The molecule has 1 atom stereocenters. The first-order chi connectivity index (χ1) is 7.47. The normalized spacial score (nSPS) is 26.0. The second-order valence-corrected chi connectivity index (χ2v) is 4.19. The van der Waals surface area contributed by atoms with Crippen LogP contribution in [0.2, 0.25) is 0 Å². The van der Waals surface area contributed by atoms with E-state index < -0.39 is 5.97 Å². The molecule has 5 heteroatoms. The number of rotatable bonds is 3. The topological polar surface area (TPSA) is 66.8 Å². The molecule has 0 saturated carbocycles. The lowest BCUT2D eigenvalue weighted by Crippen LogP contribution is -2.49. The van der Waals surface area contributed by atoms with Crippen molar-refractivity contribution in [2.45, 2.75) is 25.4 Å². The third-order valence-electron chi connectivity index (χ3n) is 2.83. The van der Waals surface area contributed by atoms with Crippen LogP contribution < -0.4 is 0 Å². The average molecular weight is 227 g/mol. The Bertz CT molecular complexity index is 313. The van der Waals surface area contributed by atoms with Crippen molar-refractivity contribution in [3.63, 3.8) is 0 Å². The zero-order valence-electron chi connectivity index (χ0n) is 9.60. The molecule has 1 amide bonds. The number of ether oxygens (including phenoxy) is 1. The standard InChI is InChI=1S/C11H17NO4/c1-11(16-2)6-3-7-12(8-11)9(13)4-5-10(14)15/h4-5H,3,6-8H2,1-2H3,(H,14,15)/b5-4+. The van der Waals surface area contributed by atoms with Gasteiger partial charge in [0.15, 0.2) is 0 Å². The van der Waals surface area contributed by atoms with Gasteiger partial charge >= 0.3 is 5.97 Å². The zero-order valence-corrected chi connectivity index (χ0v) is 9.60. The summed E-state index contributed by atoms with van der Waals surface area (Å²) in [6.45, 7) is 3.11. The third-order valence-corrected chi connectivity index (χ3v) is 2.83. The predicted octanol–water partition coefficient (Wildman–Crippen LogP) is 0.655. The minimum atomic E-state index is -1.11. The van der Waals surface area contributed by atoms with Gasteiger partial charge in [0, 0.05) is 32.4 Å². The van der Waals surface area contributed by atoms with Gasteiger partial charge in [-0.25, -0.2) is 4.79 Å². The summed E-state index contributed by atoms with van der Waals surface area (Å²) in [4.78, 5) is 23.5. The van der Waals surface area contributed by atoms with Gasteiger partial charge in [0.25, 0.3) is 0 Å². The van der Waals surface area contributed by atoms with Gasteiger partial charge in [-0.05, 0) is 19.8 Å². The lowest BCUT2D eigenvalue weighted by Gasteiger charge is -2.39. The fourth-order valence-electron chi connectivity index (χ4n) is 1.81. The molecule has 90 valence electrons. The molecule has 1 heterocycles. The summed E-state index contributed by atoms with van der Waals surface area (Å²) < 4.78 is 5.35. The van der Waals surface area contributed by atoms with Crippen LogP contribution in [0.3, 0.4) is 0 Å². The van der Waals surface area contributed by atoms with E-state index >= 15 is 0 Å². The van der Waals surface area contributed by atoms with Crippen molar-refractivity contribution in [1.29, 1.82) is 0 Å². The summed E-state index contributed by atoms with van der Waals surface area (Å²) in [7, 11) is 1.63. The molecule has 0 aromatic heterocycles. The van der Waals surface area contributed by atoms with Crippen LogP contribution in [0.15, 0.2) is 12.2 Å². The quantitative estimate of drug-likeness (QED) is 0.719. The summed E-state index contributed by atoms with van der Waals surface area (Å²) in [6.07, 6.45) is 3.73. The van der Waals surface area contributed by atoms with E-state index in [2.05, 4.69) is 0 Å². The van der Waals surface area contributed by atoms with Crippen molar-refractivity contribution >= 4 is 11.9 Å². The van der Waals surface area contributed by atoms with Gasteiger partial charge < -0.3 is 14.7 Å². The van der Waals surface area contributed by atoms with Crippen LogP contribution in [0.1, 0.15) is 19.8 Å². The molecule has 1 unspecified atom stereocenters. The molecular weight excluding hydrogens is 210 g/mol. The number of amides is 1. The van der Waals surface area contributed by atoms with Gasteiger partial charge in [-0.3, -0.25) is 4.79 Å². The number of hydrogen-bond donors (Lipinski definition) is 1. The van der Waals surface area contributed by atoms with E-state index in [0.717, 1.165) is 25.0 Å². The second-order valence-electron chi connectivity index (χ2n) is 4.19. The number of aliphatic carboxylic acids is 1. The maximum absolute atomic E-state index is 11.6. The van der Waals surface area contributed by atoms with E-state index in [0.29, 0.717) is 13.1 Å². The molecular formula is C11H17NO4. The molecule has 1 aliphatic rings. The van der Waals surface area contributed by atoms with Crippen molar-refractivity contribution in [1.82, 2.24) is 4.90 Å². The highest BCUT2D eigenvalue weighted by Crippen LogP contribution is 2.23. The fourth-order valence-corrected chi connectivity index (χ4v) is 1.81. The minimum absolute atomic E-state index is 0.273. The Hall–Kier alpha value is -1.36. The van der Waals surface area contributed by atoms with Crippen molar-refractivity contribution in [3.8, 4) is 0 Å². The van der Waals surface area contributed by atoms with Gasteiger partial charge in [0.2, 0.25) is 5.91 Å². The Balaban J connectivity index is 2.60. The SMILES string of the molecule is COC1(C)CCCN(C(=O)/C=C/C(=O)O)C1. The van der Waals surface area contributed by atoms with Crippen LogP contribution in [0.25, 0.3) is 0 Å². The Labute approximate surface area is 94.7 Å². The number of piperidine rings is 1. The van der Waals surface area contributed by atoms with Crippen LogP contribution in [0.5, 0.6) is 0 Å². The summed E-state index contributed by atoms with van der Waals surface area (Å²) in [5.41, 5.74) is -0.315. The highest BCUT2D eigenvalue weighted by atomic mass is 16.5. The van der Waals surface area contributed by atoms with Crippen LogP contribution >= 0.6 is 0 Å². The monoisotopic (exact) mass is 227 g/mol. The first-order valence-electron chi connectivity index (χ1n) is 5.22. The molecule has 1 aliphatic heterocycles. The summed E-state index contributed by atoms with van der Waals surface area (Å²) >= 11 is 0. The molecule has 1 rings (SSSR count). The van der Waals surface area contributed by atoms with E-state index in [4.69, 9.17) is 9.84 Å². The van der Waals surface area contributed by atoms with E-state index in [9.17, 15) is 9.59 Å². The maximum Gasteiger partial charge on any atom is 0.328 e. The molecule has 5 nitrogen and oxygen atoms in total. The van der Waals surface area contributed by atoms with Gasteiger partial charge in [0.1, 0.15) is 0 Å². The Kier molecular flexibility index (Phi) is 4.06. The molecule has 1 saturated heterocycles. The molecule has 1 N–H and O–H groups in total. The number of likely N-dealkylation sites (tertiary alicyclic amines) is 1. The molecule has 0 aliphatic carbocycles. The Morgan fingerprint density at radius 1 is 1.44 bits per heavy atom. The number of carbonyl (C=O) groups excluding carboxylic acids is 1. The predicted molar refractivity (Wildman–Crippen MR) is 58.0 cm³/mol. The summed E-state index contributed by atoms with van der Waals surface area (Å²) in [6, 6.07) is 0. The van der Waals surface area contributed by atoms with Crippen LogP contribution in [-0.2, 0) is 14.3 Å². The number of hydrogen-bond acceptors (Lipinski definition) is 3. The number of carbonyl (C=O) groups is 2. The van der Waals surface area contributed by atoms with Crippen LogP contribution in [-0.4, -0.2) is 47.7 Å². The fraction of sp³-hybridized carbons (Fsp3) is 0.636. The first kappa shape index (κ1) is 12.7. The summed E-state index contributed by atoms with van der Waals surface area (Å²) in [5.74, 6) is -1.38. The Morgan fingerprint density at radius 2 is 2.12 bits per heavy atom. The van der Waals surface area contributed by atoms with E-state index in [1.54, 1.807) is 12.0 Å². The summed E-state index contributed by atoms with van der Waals surface area (Å²) in [5, 5.41) is 8.43. The lowest BCUT2D eigenvalue weighted by atomic mass is 9.95. The van der Waals surface area contributed by atoms with E-state index in [1.165, 1.54) is 0 Å². The third kappa shape index (κ3) is 3.34. The maximum atomic E-state index is 11.6. The molecule has 16 heavy (non-hydrogen) atoms. The lowest BCUT2D eigenvalue weighted by molar-refractivity contribution is -0.135. The van der Waals surface area contributed by atoms with Crippen molar-refractivity contribution in [2.24, 2.45) is 0 Å². The molecule has 0 radical (unpaired) electrons. The second kappa shape index (κ2) is 5.12. The Morgan fingerprint density at radius 3 is 2.69 bits per heavy atom. The number of methoxy groups -OCH3 is 1. The molecule has 0 aromatic carbocycles. The number of carboxylic acid groups (broad SMARTS) is 1. The molecule has 0 bridgehead atoms. The smallest absolute Gasteiger partial charge is 0.328 e. The number of nitrogens with zero attached hydrogens (tertiary/aromatic N) is 1. The van der Waals surface area contributed by atoms with Crippen LogP contribution in [0, 0.1) is 0 Å². The largest absolute Gasteiger partial charge is 0.478 e. The van der Waals surface area contributed by atoms with Gasteiger partial charge in [0.05, 0.1) is 5.60 Å². The van der Waals surface area contributed by atoms with Gasteiger partial charge in [-0.15, -0.1) is 0 Å². The van der Waals surface area contributed by atoms with Crippen molar-refractivity contribution < 1.29 is 19.4 Å². The van der Waals surface area contributed by atoms with Crippen molar-refractivity contribution in [3.05, 3.63) is 12.2 Å².